The van der Waals surface area contributed by atoms with Crippen LogP contribution in [0.4, 0.5) is 0 Å². The molecule has 1 aliphatic rings. The van der Waals surface area contributed by atoms with Crippen molar-refractivity contribution in [3.05, 3.63) is 23.5 Å². The Bertz CT molecular complexity index is 516. The van der Waals surface area contributed by atoms with Crippen LogP contribution in [0.2, 0.25) is 5.15 Å². The summed E-state index contributed by atoms with van der Waals surface area (Å²) in [6.45, 7) is 3.35. The zero-order valence-electron chi connectivity index (χ0n) is 9.10. The number of hydrogen-bond donors (Lipinski definition) is 0. The molecule has 84 valence electrons. The van der Waals surface area contributed by atoms with Crippen molar-refractivity contribution >= 4 is 22.6 Å². The summed E-state index contributed by atoms with van der Waals surface area (Å²) >= 11 is 5.80. The van der Waals surface area contributed by atoms with Gasteiger partial charge in [-0.3, -0.25) is 0 Å². The number of rotatable bonds is 2. The van der Waals surface area contributed by atoms with Gasteiger partial charge in [0.2, 0.25) is 0 Å². The van der Waals surface area contributed by atoms with Crippen molar-refractivity contribution in [2.45, 2.75) is 6.54 Å². The van der Waals surface area contributed by atoms with Crippen LogP contribution < -0.4 is 0 Å². The van der Waals surface area contributed by atoms with E-state index in [0.717, 1.165) is 23.5 Å². The number of nitrogens with zero attached hydrogens (tertiary/aromatic N) is 4. The second-order valence-electron chi connectivity index (χ2n) is 4.50. The van der Waals surface area contributed by atoms with Gasteiger partial charge in [0.05, 0.1) is 0 Å². The predicted molar refractivity (Wildman–Crippen MR) is 63.5 cm³/mol. The molecule has 0 radical (unpaired) electrons. The van der Waals surface area contributed by atoms with E-state index in [1.54, 1.807) is 0 Å². The highest BCUT2D eigenvalue weighted by Crippen LogP contribution is 2.20. The van der Waals surface area contributed by atoms with Gasteiger partial charge < -0.3 is 9.47 Å². The Labute approximate surface area is 98.8 Å². The van der Waals surface area contributed by atoms with Gasteiger partial charge in [0, 0.05) is 37.1 Å². The van der Waals surface area contributed by atoms with Crippen LogP contribution in [0.15, 0.2) is 18.3 Å². The largest absolute Gasteiger partial charge is 0.331 e. The van der Waals surface area contributed by atoms with Crippen LogP contribution in [-0.4, -0.2) is 39.8 Å². The normalized spacial score (nSPS) is 17.9. The Hall–Kier alpha value is -1.13. The van der Waals surface area contributed by atoms with E-state index in [2.05, 4.69) is 32.9 Å². The van der Waals surface area contributed by atoms with E-state index in [1.807, 2.05) is 12.1 Å². The number of halogens is 1. The average molecular weight is 237 g/mol. The number of likely N-dealkylation sites (tertiary alicyclic amines) is 1. The molecule has 0 amide bonds. The monoisotopic (exact) mass is 236 g/mol. The van der Waals surface area contributed by atoms with Crippen LogP contribution >= 0.6 is 11.6 Å². The van der Waals surface area contributed by atoms with E-state index in [-0.39, 0.29) is 0 Å². The maximum atomic E-state index is 5.80. The molecule has 4 nitrogen and oxygen atoms in total. The number of fused-ring (bicyclic) bond motifs is 1. The molecule has 2 aromatic rings. The Morgan fingerprint density at radius 3 is 3.00 bits per heavy atom. The first kappa shape index (κ1) is 10.1. The highest BCUT2D eigenvalue weighted by Gasteiger charge is 2.23. The van der Waals surface area contributed by atoms with Crippen LogP contribution in [0.3, 0.4) is 0 Å². The molecule has 1 aliphatic heterocycles. The van der Waals surface area contributed by atoms with E-state index >= 15 is 0 Å². The molecule has 0 aromatic carbocycles. The first-order chi connectivity index (χ1) is 7.72. The third-order valence-corrected chi connectivity index (χ3v) is 3.26. The van der Waals surface area contributed by atoms with E-state index in [1.165, 1.54) is 13.1 Å². The predicted octanol–water partition coefficient (Wildman–Crippen LogP) is 1.65. The lowest BCUT2D eigenvalue weighted by molar-refractivity contribution is 0.120. The third-order valence-electron chi connectivity index (χ3n) is 3.07. The van der Waals surface area contributed by atoms with Gasteiger partial charge in [0.1, 0.15) is 0 Å². The minimum Gasteiger partial charge on any atom is -0.331 e. The van der Waals surface area contributed by atoms with Crippen molar-refractivity contribution in [3.63, 3.8) is 0 Å². The van der Waals surface area contributed by atoms with Crippen LogP contribution in [-0.2, 0) is 6.54 Å². The summed E-state index contributed by atoms with van der Waals surface area (Å²) in [5, 5.41) is 9.54. The molecule has 0 aliphatic carbocycles. The molecule has 0 atom stereocenters. The van der Waals surface area contributed by atoms with Crippen molar-refractivity contribution in [2.24, 2.45) is 5.92 Å². The van der Waals surface area contributed by atoms with Crippen LogP contribution in [0.25, 0.3) is 11.0 Å². The molecule has 3 heterocycles. The minimum absolute atomic E-state index is 0.452. The van der Waals surface area contributed by atoms with E-state index in [9.17, 15) is 0 Å². The minimum atomic E-state index is 0.452. The lowest BCUT2D eigenvalue weighted by Gasteiger charge is -2.36. The van der Waals surface area contributed by atoms with Crippen LogP contribution in [0.5, 0.6) is 0 Å². The van der Waals surface area contributed by atoms with Crippen molar-refractivity contribution in [1.82, 2.24) is 19.7 Å². The van der Waals surface area contributed by atoms with Crippen molar-refractivity contribution in [3.8, 4) is 0 Å². The lowest BCUT2D eigenvalue weighted by atomic mass is 10.0. The molecule has 0 unspecified atom stereocenters. The quantitative estimate of drug-likeness (QED) is 0.795. The summed E-state index contributed by atoms with van der Waals surface area (Å²) in [5.74, 6) is 0.734. The fourth-order valence-corrected chi connectivity index (χ4v) is 2.49. The molecule has 0 N–H and O–H groups in total. The highest BCUT2D eigenvalue weighted by molar-refractivity contribution is 6.29. The summed E-state index contributed by atoms with van der Waals surface area (Å²) in [6.07, 6.45) is 2.06. The van der Waals surface area contributed by atoms with E-state index < -0.39 is 0 Å². The Morgan fingerprint density at radius 1 is 1.44 bits per heavy atom. The van der Waals surface area contributed by atoms with Gasteiger partial charge in [-0.1, -0.05) is 11.6 Å². The van der Waals surface area contributed by atoms with Crippen LogP contribution in [0.1, 0.15) is 0 Å². The summed E-state index contributed by atoms with van der Waals surface area (Å²) in [6, 6.07) is 3.89. The topological polar surface area (TPSA) is 34.0 Å². The van der Waals surface area contributed by atoms with Gasteiger partial charge in [0.25, 0.3) is 0 Å². The summed E-state index contributed by atoms with van der Waals surface area (Å²) in [4.78, 5) is 2.32. The first-order valence-corrected chi connectivity index (χ1v) is 5.77. The molecule has 5 heteroatoms. The van der Waals surface area contributed by atoms with Gasteiger partial charge >= 0.3 is 0 Å². The maximum Gasteiger partial charge on any atom is 0.162 e. The molecule has 0 saturated carbocycles. The van der Waals surface area contributed by atoms with E-state index in [4.69, 9.17) is 11.6 Å². The number of hydrogen-bond acceptors (Lipinski definition) is 3. The fraction of sp³-hybridized carbons (Fsp3) is 0.455. The van der Waals surface area contributed by atoms with Crippen molar-refractivity contribution in [1.29, 1.82) is 0 Å². The summed E-state index contributed by atoms with van der Waals surface area (Å²) in [7, 11) is 2.14. The lowest BCUT2D eigenvalue weighted by Crippen LogP contribution is -2.45. The van der Waals surface area contributed by atoms with Gasteiger partial charge in [-0.15, -0.1) is 10.2 Å². The zero-order chi connectivity index (χ0) is 11.1. The zero-order valence-corrected chi connectivity index (χ0v) is 9.85. The smallest absolute Gasteiger partial charge is 0.162 e. The summed E-state index contributed by atoms with van der Waals surface area (Å²) < 4.78 is 2.16. The third kappa shape index (κ3) is 1.68. The molecule has 1 fully saturated rings. The Morgan fingerprint density at radius 2 is 2.25 bits per heavy atom. The second-order valence-corrected chi connectivity index (χ2v) is 4.89. The van der Waals surface area contributed by atoms with Gasteiger partial charge in [-0.2, -0.15) is 0 Å². The molecular weight excluding hydrogens is 224 g/mol. The fourth-order valence-electron chi connectivity index (χ4n) is 2.33. The van der Waals surface area contributed by atoms with Gasteiger partial charge in [-0.25, -0.2) is 0 Å². The maximum absolute atomic E-state index is 5.80. The average Bonchev–Trinajstić information content (AvgIpc) is 2.58. The molecular formula is C11H13ClN4. The van der Waals surface area contributed by atoms with Gasteiger partial charge in [-0.05, 0) is 19.2 Å². The standard InChI is InChI=1S/C11H13ClN4/c1-15-5-8(6-15)7-16-3-2-9-4-10(12)13-14-11(9)16/h2-4,8H,5-7H2,1H3. The van der Waals surface area contributed by atoms with Crippen molar-refractivity contribution in [2.75, 3.05) is 20.1 Å². The molecule has 0 spiro atoms. The second kappa shape index (κ2) is 3.71. The molecule has 3 rings (SSSR count). The number of aromatic nitrogens is 3. The Balaban J connectivity index is 1.87. The molecule has 1 saturated heterocycles. The molecule has 16 heavy (non-hydrogen) atoms. The van der Waals surface area contributed by atoms with Gasteiger partial charge in [0.15, 0.2) is 10.8 Å². The van der Waals surface area contributed by atoms with Crippen LogP contribution in [0, 0.1) is 5.92 Å². The summed E-state index contributed by atoms with van der Waals surface area (Å²) in [5.41, 5.74) is 0.930. The first-order valence-electron chi connectivity index (χ1n) is 5.39. The Kier molecular flexibility index (Phi) is 2.33. The highest BCUT2D eigenvalue weighted by atomic mass is 35.5. The SMILES string of the molecule is CN1CC(Cn2ccc3cc(Cl)nnc32)C1. The van der Waals surface area contributed by atoms with E-state index in [0.29, 0.717) is 5.15 Å². The van der Waals surface area contributed by atoms with Crippen molar-refractivity contribution < 1.29 is 0 Å². The molecule has 0 bridgehead atoms. The molecule has 2 aromatic heterocycles.